The Hall–Kier alpha value is -1.42. The van der Waals surface area contributed by atoms with Crippen LogP contribution >= 0.6 is 11.6 Å². The summed E-state index contributed by atoms with van der Waals surface area (Å²) in [4.78, 5) is 0. The highest BCUT2D eigenvalue weighted by molar-refractivity contribution is 6.30. The minimum atomic E-state index is 0.254. The normalized spacial score (nSPS) is 11.5. The van der Waals surface area contributed by atoms with Gasteiger partial charge < -0.3 is 16.3 Å². The average molecular weight is 242 g/mol. The second-order valence-corrected chi connectivity index (χ2v) is 4.02. The van der Waals surface area contributed by atoms with Gasteiger partial charge in [-0.2, -0.15) is 0 Å². The van der Waals surface area contributed by atoms with Crippen molar-refractivity contribution in [1.29, 1.82) is 0 Å². The molecule has 5 heteroatoms. The second-order valence-electron chi connectivity index (χ2n) is 3.58. The van der Waals surface area contributed by atoms with Crippen LogP contribution in [0.5, 0.6) is 0 Å². The van der Waals surface area contributed by atoms with Crippen LogP contribution in [0.1, 0.15) is 18.4 Å². The highest BCUT2D eigenvalue weighted by Crippen LogP contribution is 2.19. The van der Waals surface area contributed by atoms with Crippen LogP contribution in [-0.4, -0.2) is 17.6 Å². The summed E-state index contributed by atoms with van der Waals surface area (Å²) in [5, 5.41) is 15.2. The molecule has 4 nitrogen and oxygen atoms in total. The van der Waals surface area contributed by atoms with Gasteiger partial charge in [-0.25, -0.2) is 0 Å². The SMILES string of the molecule is Cc1ccc(Cl)cc1NCCCC(N)=NO. The topological polar surface area (TPSA) is 70.6 Å². The molecule has 1 aromatic rings. The zero-order valence-electron chi connectivity index (χ0n) is 9.20. The summed E-state index contributed by atoms with van der Waals surface area (Å²) in [7, 11) is 0. The van der Waals surface area contributed by atoms with E-state index in [-0.39, 0.29) is 5.84 Å². The molecule has 0 unspecified atom stereocenters. The molecule has 0 aliphatic rings. The lowest BCUT2D eigenvalue weighted by Gasteiger charge is -2.09. The number of hydrogen-bond acceptors (Lipinski definition) is 3. The van der Waals surface area contributed by atoms with E-state index in [1.807, 2.05) is 25.1 Å². The second kappa shape index (κ2) is 6.23. The Bertz CT molecular complexity index is 379. The Labute approximate surface area is 100 Å². The van der Waals surface area contributed by atoms with Crippen molar-refractivity contribution in [3.05, 3.63) is 28.8 Å². The van der Waals surface area contributed by atoms with Crippen LogP contribution in [0.15, 0.2) is 23.4 Å². The molecule has 0 aliphatic heterocycles. The molecule has 0 fully saturated rings. The predicted octanol–water partition coefficient (Wildman–Crippen LogP) is 2.59. The van der Waals surface area contributed by atoms with Gasteiger partial charge in [0.1, 0.15) is 5.84 Å². The molecular formula is C11H16ClN3O. The summed E-state index contributed by atoms with van der Waals surface area (Å²) in [6, 6.07) is 5.72. The fourth-order valence-electron chi connectivity index (χ4n) is 1.33. The van der Waals surface area contributed by atoms with Crippen LogP contribution in [0, 0.1) is 6.92 Å². The number of benzene rings is 1. The van der Waals surface area contributed by atoms with Crippen molar-refractivity contribution in [1.82, 2.24) is 0 Å². The van der Waals surface area contributed by atoms with E-state index in [1.54, 1.807) is 0 Å². The van der Waals surface area contributed by atoms with E-state index in [9.17, 15) is 0 Å². The van der Waals surface area contributed by atoms with E-state index >= 15 is 0 Å². The Kier molecular flexibility index (Phi) is 4.92. The summed E-state index contributed by atoms with van der Waals surface area (Å²) in [6.07, 6.45) is 1.38. The molecule has 1 rings (SSSR count). The third-order valence-corrected chi connectivity index (χ3v) is 2.49. The molecule has 0 aromatic heterocycles. The molecule has 4 N–H and O–H groups in total. The van der Waals surface area contributed by atoms with E-state index in [2.05, 4.69) is 10.5 Å². The summed E-state index contributed by atoms with van der Waals surface area (Å²) in [5.74, 6) is 0.254. The van der Waals surface area contributed by atoms with Gasteiger partial charge in [-0.05, 0) is 31.0 Å². The first kappa shape index (κ1) is 12.6. The minimum absolute atomic E-state index is 0.254. The smallest absolute Gasteiger partial charge is 0.139 e. The highest BCUT2D eigenvalue weighted by atomic mass is 35.5. The molecule has 0 bridgehead atoms. The largest absolute Gasteiger partial charge is 0.409 e. The van der Waals surface area contributed by atoms with Crippen LogP contribution in [-0.2, 0) is 0 Å². The fraction of sp³-hybridized carbons (Fsp3) is 0.364. The zero-order chi connectivity index (χ0) is 12.0. The van der Waals surface area contributed by atoms with Gasteiger partial charge in [-0.3, -0.25) is 0 Å². The molecule has 0 saturated carbocycles. The molecule has 0 radical (unpaired) electrons. The fourth-order valence-corrected chi connectivity index (χ4v) is 1.50. The Morgan fingerprint density at radius 3 is 3.00 bits per heavy atom. The lowest BCUT2D eigenvalue weighted by molar-refractivity contribution is 0.316. The van der Waals surface area contributed by atoms with Crippen molar-refractivity contribution in [2.45, 2.75) is 19.8 Å². The lowest BCUT2D eigenvalue weighted by Crippen LogP contribution is -2.13. The Morgan fingerprint density at radius 1 is 1.56 bits per heavy atom. The van der Waals surface area contributed by atoms with Gasteiger partial charge in [-0.15, -0.1) is 0 Å². The maximum atomic E-state index is 8.36. The quantitative estimate of drug-likeness (QED) is 0.244. The molecular weight excluding hydrogens is 226 g/mol. The van der Waals surface area contributed by atoms with E-state index in [1.165, 1.54) is 0 Å². The molecule has 1 aromatic carbocycles. The summed E-state index contributed by atoms with van der Waals surface area (Å²) < 4.78 is 0. The van der Waals surface area contributed by atoms with Crippen LogP contribution in [0.25, 0.3) is 0 Å². The standard InChI is InChI=1S/C11H16ClN3O/c1-8-4-5-9(12)7-10(8)14-6-2-3-11(13)15-16/h4-5,7,14,16H,2-3,6H2,1H3,(H2,13,15). The minimum Gasteiger partial charge on any atom is -0.409 e. The number of anilines is 1. The van der Waals surface area contributed by atoms with Gasteiger partial charge >= 0.3 is 0 Å². The number of halogens is 1. The molecule has 88 valence electrons. The number of rotatable bonds is 5. The van der Waals surface area contributed by atoms with Gasteiger partial charge in [0.2, 0.25) is 0 Å². The molecule has 0 spiro atoms. The first-order chi connectivity index (χ1) is 7.63. The average Bonchev–Trinajstić information content (AvgIpc) is 2.28. The van der Waals surface area contributed by atoms with E-state index in [0.717, 1.165) is 24.2 Å². The monoisotopic (exact) mass is 241 g/mol. The summed E-state index contributed by atoms with van der Waals surface area (Å²) in [6.45, 7) is 2.78. The number of aryl methyl sites for hydroxylation is 1. The summed E-state index contributed by atoms with van der Waals surface area (Å²) >= 11 is 5.89. The molecule has 0 saturated heterocycles. The molecule has 0 amide bonds. The zero-order valence-corrected chi connectivity index (χ0v) is 9.96. The molecule has 0 aliphatic carbocycles. The lowest BCUT2D eigenvalue weighted by atomic mass is 10.2. The van der Waals surface area contributed by atoms with Gasteiger partial charge in [0.05, 0.1) is 0 Å². The number of nitrogens with zero attached hydrogens (tertiary/aromatic N) is 1. The van der Waals surface area contributed by atoms with Crippen molar-refractivity contribution >= 4 is 23.1 Å². The van der Waals surface area contributed by atoms with Gasteiger partial charge in [0, 0.05) is 23.7 Å². The van der Waals surface area contributed by atoms with Gasteiger partial charge in [-0.1, -0.05) is 22.8 Å². The number of nitrogens with one attached hydrogen (secondary N) is 1. The van der Waals surface area contributed by atoms with Crippen molar-refractivity contribution in [3.63, 3.8) is 0 Å². The van der Waals surface area contributed by atoms with Crippen LogP contribution in [0.4, 0.5) is 5.69 Å². The predicted molar refractivity (Wildman–Crippen MR) is 67.3 cm³/mol. The van der Waals surface area contributed by atoms with Crippen molar-refractivity contribution in [2.24, 2.45) is 10.9 Å². The molecule has 0 heterocycles. The molecule has 0 atom stereocenters. The maximum Gasteiger partial charge on any atom is 0.139 e. The van der Waals surface area contributed by atoms with E-state index in [0.29, 0.717) is 11.4 Å². The number of amidine groups is 1. The van der Waals surface area contributed by atoms with Crippen molar-refractivity contribution in [2.75, 3.05) is 11.9 Å². The first-order valence-electron chi connectivity index (χ1n) is 5.10. The maximum absolute atomic E-state index is 8.36. The van der Waals surface area contributed by atoms with Gasteiger partial charge in [0.25, 0.3) is 0 Å². The number of hydrogen-bond donors (Lipinski definition) is 3. The Balaban J connectivity index is 2.40. The third-order valence-electron chi connectivity index (χ3n) is 2.25. The van der Waals surface area contributed by atoms with Crippen molar-refractivity contribution in [3.8, 4) is 0 Å². The highest BCUT2D eigenvalue weighted by Gasteiger charge is 1.99. The van der Waals surface area contributed by atoms with Crippen LogP contribution in [0.2, 0.25) is 5.02 Å². The van der Waals surface area contributed by atoms with E-state index < -0.39 is 0 Å². The number of oxime groups is 1. The molecule has 16 heavy (non-hydrogen) atoms. The Morgan fingerprint density at radius 2 is 2.31 bits per heavy atom. The van der Waals surface area contributed by atoms with Crippen LogP contribution in [0.3, 0.4) is 0 Å². The van der Waals surface area contributed by atoms with Crippen LogP contribution < -0.4 is 11.1 Å². The van der Waals surface area contributed by atoms with Gasteiger partial charge in [0.15, 0.2) is 0 Å². The third kappa shape index (κ3) is 3.98. The first-order valence-corrected chi connectivity index (χ1v) is 5.47. The summed E-state index contributed by atoms with van der Waals surface area (Å²) in [5.41, 5.74) is 7.52. The number of nitrogens with two attached hydrogens (primary N) is 1. The van der Waals surface area contributed by atoms with Crippen molar-refractivity contribution < 1.29 is 5.21 Å². The van der Waals surface area contributed by atoms with E-state index in [4.69, 9.17) is 22.5 Å².